The molecule has 2 rings (SSSR count). The van der Waals surface area contributed by atoms with Crippen LogP contribution in [0.2, 0.25) is 0 Å². The van der Waals surface area contributed by atoms with Crippen molar-refractivity contribution in [2.24, 2.45) is 4.99 Å². The number of guanidine groups is 1. The monoisotopic (exact) mass is 431 g/mol. The third-order valence-electron chi connectivity index (χ3n) is 3.73. The summed E-state index contributed by atoms with van der Waals surface area (Å²) in [6.45, 7) is 10.8. The molecule has 0 amide bonds. The molecule has 23 heavy (non-hydrogen) atoms. The van der Waals surface area contributed by atoms with E-state index in [0.717, 1.165) is 25.6 Å². The summed E-state index contributed by atoms with van der Waals surface area (Å²) in [4.78, 5) is 7.15. The molecule has 130 valence electrons. The van der Waals surface area contributed by atoms with Gasteiger partial charge >= 0.3 is 0 Å². The normalized spacial score (nSPS) is 15.0. The van der Waals surface area contributed by atoms with E-state index in [1.54, 1.807) is 0 Å². The molecule has 1 heterocycles. The van der Waals surface area contributed by atoms with Gasteiger partial charge in [0, 0.05) is 19.6 Å². The Balaban J connectivity index is 0.00000264. The maximum atomic E-state index is 5.67. The molecule has 1 aromatic rings. The zero-order chi connectivity index (χ0) is 15.8. The summed E-state index contributed by atoms with van der Waals surface area (Å²) in [6.07, 6.45) is 2.80. The Morgan fingerprint density at radius 2 is 1.96 bits per heavy atom. The van der Waals surface area contributed by atoms with Gasteiger partial charge in [-0.1, -0.05) is 24.3 Å². The van der Waals surface area contributed by atoms with Crippen LogP contribution in [-0.2, 0) is 17.9 Å². The van der Waals surface area contributed by atoms with E-state index in [2.05, 4.69) is 55.3 Å². The van der Waals surface area contributed by atoms with Crippen molar-refractivity contribution in [3.63, 3.8) is 0 Å². The first kappa shape index (κ1) is 20.2. The van der Waals surface area contributed by atoms with Gasteiger partial charge in [0.2, 0.25) is 0 Å². The number of likely N-dealkylation sites (tertiary alicyclic amines) is 1. The van der Waals surface area contributed by atoms with E-state index in [9.17, 15) is 0 Å². The Kier molecular flexibility index (Phi) is 9.55. The third kappa shape index (κ3) is 7.08. The Hall–Kier alpha value is -0.820. The maximum absolute atomic E-state index is 5.67. The van der Waals surface area contributed by atoms with Crippen molar-refractivity contribution < 1.29 is 4.74 Å². The molecule has 0 aliphatic carbocycles. The van der Waals surface area contributed by atoms with Crippen LogP contribution in [0.4, 0.5) is 0 Å². The van der Waals surface area contributed by atoms with Crippen LogP contribution in [-0.4, -0.2) is 36.6 Å². The Bertz CT molecular complexity index is 485. The van der Waals surface area contributed by atoms with Crippen molar-refractivity contribution in [3.05, 3.63) is 35.4 Å². The molecule has 1 N–H and O–H groups in total. The van der Waals surface area contributed by atoms with Gasteiger partial charge in [0.05, 0.1) is 19.3 Å². The summed E-state index contributed by atoms with van der Waals surface area (Å²) < 4.78 is 5.67. The standard InChI is InChI=1S/C18H29N3O.HI/c1-4-19-18(21-10-5-6-11-21)20-13-16-8-7-9-17(12-16)14-22-15(2)3;/h7-9,12,15H,4-6,10-11,13-14H2,1-3H3,(H,19,20);1H. The SMILES string of the molecule is CCNC(=NCc1cccc(COC(C)C)c1)N1CCCC1.I. The van der Waals surface area contributed by atoms with Crippen molar-refractivity contribution in [2.75, 3.05) is 19.6 Å². The van der Waals surface area contributed by atoms with Crippen molar-refractivity contribution in [3.8, 4) is 0 Å². The van der Waals surface area contributed by atoms with Crippen LogP contribution < -0.4 is 5.32 Å². The van der Waals surface area contributed by atoms with E-state index < -0.39 is 0 Å². The highest BCUT2D eigenvalue weighted by Crippen LogP contribution is 2.11. The number of nitrogens with zero attached hydrogens (tertiary/aromatic N) is 2. The lowest BCUT2D eigenvalue weighted by Gasteiger charge is -2.20. The number of hydrogen-bond donors (Lipinski definition) is 1. The van der Waals surface area contributed by atoms with Crippen molar-refractivity contribution in [1.82, 2.24) is 10.2 Å². The Labute approximate surface area is 157 Å². The van der Waals surface area contributed by atoms with E-state index >= 15 is 0 Å². The average Bonchev–Trinajstić information content (AvgIpc) is 3.04. The molecule has 4 nitrogen and oxygen atoms in total. The summed E-state index contributed by atoms with van der Waals surface area (Å²) >= 11 is 0. The van der Waals surface area contributed by atoms with Gasteiger partial charge < -0.3 is 15.0 Å². The van der Waals surface area contributed by atoms with Gasteiger partial charge in [0.15, 0.2) is 5.96 Å². The lowest BCUT2D eigenvalue weighted by molar-refractivity contribution is 0.0657. The van der Waals surface area contributed by atoms with E-state index in [1.165, 1.54) is 24.0 Å². The fraction of sp³-hybridized carbons (Fsp3) is 0.611. The van der Waals surface area contributed by atoms with E-state index in [0.29, 0.717) is 13.2 Å². The minimum Gasteiger partial charge on any atom is -0.374 e. The first-order valence-corrected chi connectivity index (χ1v) is 8.41. The lowest BCUT2D eigenvalue weighted by Crippen LogP contribution is -2.39. The molecule has 1 aliphatic heterocycles. The average molecular weight is 431 g/mol. The highest BCUT2D eigenvalue weighted by atomic mass is 127. The number of rotatable bonds is 6. The van der Waals surface area contributed by atoms with Crippen LogP contribution in [0.3, 0.4) is 0 Å². The molecule has 0 spiro atoms. The predicted molar refractivity (Wildman–Crippen MR) is 107 cm³/mol. The largest absolute Gasteiger partial charge is 0.374 e. The molecular formula is C18H30IN3O. The second-order valence-electron chi connectivity index (χ2n) is 6.04. The van der Waals surface area contributed by atoms with Crippen molar-refractivity contribution >= 4 is 29.9 Å². The van der Waals surface area contributed by atoms with E-state index in [4.69, 9.17) is 9.73 Å². The molecule has 1 fully saturated rings. The molecular weight excluding hydrogens is 401 g/mol. The zero-order valence-electron chi connectivity index (χ0n) is 14.5. The number of aliphatic imine (C=N–C) groups is 1. The third-order valence-corrected chi connectivity index (χ3v) is 3.73. The number of halogens is 1. The second kappa shape index (κ2) is 10.9. The molecule has 5 heteroatoms. The van der Waals surface area contributed by atoms with Gasteiger partial charge in [-0.25, -0.2) is 4.99 Å². The molecule has 1 saturated heterocycles. The van der Waals surface area contributed by atoms with Gasteiger partial charge in [0.25, 0.3) is 0 Å². The number of ether oxygens (including phenoxy) is 1. The summed E-state index contributed by atoms with van der Waals surface area (Å²) in [5, 5.41) is 3.40. The predicted octanol–water partition coefficient (Wildman–Crippen LogP) is 3.79. The molecule has 1 aromatic carbocycles. The highest BCUT2D eigenvalue weighted by Gasteiger charge is 2.15. The van der Waals surface area contributed by atoms with E-state index in [1.807, 2.05) is 0 Å². The fourth-order valence-corrected chi connectivity index (χ4v) is 2.60. The topological polar surface area (TPSA) is 36.9 Å². The van der Waals surface area contributed by atoms with Gasteiger partial charge in [-0.15, -0.1) is 24.0 Å². The Morgan fingerprint density at radius 1 is 1.26 bits per heavy atom. The molecule has 0 radical (unpaired) electrons. The minimum absolute atomic E-state index is 0. The van der Waals surface area contributed by atoms with Gasteiger partial charge in [-0.05, 0) is 44.7 Å². The summed E-state index contributed by atoms with van der Waals surface area (Å²) in [5.41, 5.74) is 2.45. The molecule has 0 bridgehead atoms. The quantitative estimate of drug-likeness (QED) is 0.423. The highest BCUT2D eigenvalue weighted by molar-refractivity contribution is 14.0. The van der Waals surface area contributed by atoms with Gasteiger partial charge in [0.1, 0.15) is 0 Å². The van der Waals surface area contributed by atoms with Crippen LogP contribution in [0, 0.1) is 0 Å². The summed E-state index contributed by atoms with van der Waals surface area (Å²) in [5.74, 6) is 1.05. The van der Waals surface area contributed by atoms with Crippen LogP contribution in [0.5, 0.6) is 0 Å². The Morgan fingerprint density at radius 3 is 2.61 bits per heavy atom. The van der Waals surface area contributed by atoms with Crippen molar-refractivity contribution in [1.29, 1.82) is 0 Å². The van der Waals surface area contributed by atoms with Crippen LogP contribution in [0.1, 0.15) is 44.7 Å². The van der Waals surface area contributed by atoms with Gasteiger partial charge in [-0.3, -0.25) is 0 Å². The zero-order valence-corrected chi connectivity index (χ0v) is 16.9. The summed E-state index contributed by atoms with van der Waals surface area (Å²) in [6, 6.07) is 8.53. The van der Waals surface area contributed by atoms with Crippen LogP contribution in [0.25, 0.3) is 0 Å². The first-order valence-electron chi connectivity index (χ1n) is 8.41. The van der Waals surface area contributed by atoms with Crippen LogP contribution >= 0.6 is 24.0 Å². The fourth-order valence-electron chi connectivity index (χ4n) is 2.60. The van der Waals surface area contributed by atoms with Crippen LogP contribution in [0.15, 0.2) is 29.3 Å². The minimum atomic E-state index is 0. The second-order valence-corrected chi connectivity index (χ2v) is 6.04. The lowest BCUT2D eigenvalue weighted by atomic mass is 10.1. The number of benzene rings is 1. The smallest absolute Gasteiger partial charge is 0.194 e. The summed E-state index contributed by atoms with van der Waals surface area (Å²) in [7, 11) is 0. The van der Waals surface area contributed by atoms with E-state index in [-0.39, 0.29) is 30.1 Å². The maximum Gasteiger partial charge on any atom is 0.194 e. The molecule has 0 unspecified atom stereocenters. The molecule has 0 atom stereocenters. The number of nitrogens with one attached hydrogen (secondary N) is 1. The molecule has 0 saturated carbocycles. The first-order chi connectivity index (χ1) is 10.7. The molecule has 0 aromatic heterocycles. The number of hydrogen-bond acceptors (Lipinski definition) is 2. The van der Waals surface area contributed by atoms with Gasteiger partial charge in [-0.2, -0.15) is 0 Å². The molecule has 1 aliphatic rings. The van der Waals surface area contributed by atoms with Crippen molar-refractivity contribution in [2.45, 2.75) is 52.9 Å².